The summed E-state index contributed by atoms with van der Waals surface area (Å²) >= 11 is 0. The summed E-state index contributed by atoms with van der Waals surface area (Å²) in [6, 6.07) is 5.10. The van der Waals surface area contributed by atoms with Crippen molar-refractivity contribution in [2.24, 2.45) is 5.73 Å². The van der Waals surface area contributed by atoms with Crippen LogP contribution < -0.4 is 5.73 Å². The largest absolute Gasteiger partial charge is 0.481 e. The van der Waals surface area contributed by atoms with Gasteiger partial charge < -0.3 is 10.8 Å². The number of nitrogens with two attached hydrogens (primary N) is 1. The van der Waals surface area contributed by atoms with Crippen LogP contribution in [0.4, 0.5) is 0 Å². The molecule has 3 N–H and O–H groups in total. The fourth-order valence-electron chi connectivity index (χ4n) is 1.48. The van der Waals surface area contributed by atoms with Crippen molar-refractivity contribution in [1.29, 1.82) is 5.26 Å². The lowest BCUT2D eigenvalue weighted by molar-refractivity contribution is -0.137. The summed E-state index contributed by atoms with van der Waals surface area (Å²) in [7, 11) is 0. The van der Waals surface area contributed by atoms with Gasteiger partial charge in [-0.2, -0.15) is 5.26 Å². The van der Waals surface area contributed by atoms with Gasteiger partial charge in [-0.1, -0.05) is 12.0 Å². The fraction of sp³-hybridized carbons (Fsp3) is 0.154. The lowest BCUT2D eigenvalue weighted by atomic mass is 9.95. The second kappa shape index (κ2) is 5.62. The predicted molar refractivity (Wildman–Crippen MR) is 63.7 cm³/mol. The Hall–Kier alpha value is -2.63. The van der Waals surface area contributed by atoms with E-state index in [0.717, 1.165) is 0 Å². The van der Waals surface area contributed by atoms with Gasteiger partial charge in [0.15, 0.2) is 5.78 Å². The minimum absolute atomic E-state index is 0.0471. The summed E-state index contributed by atoms with van der Waals surface area (Å²) in [5.74, 6) is 0.506. The minimum atomic E-state index is -1.19. The van der Waals surface area contributed by atoms with Gasteiger partial charge in [0.05, 0.1) is 18.0 Å². The quantitative estimate of drug-likeness (QED) is 0.591. The van der Waals surface area contributed by atoms with Crippen LogP contribution in [-0.2, 0) is 4.79 Å². The number of nitriles is 1. The first-order valence-electron chi connectivity index (χ1n) is 5.02. The number of terminal acetylenes is 1. The Bertz CT molecular complexity index is 579. The highest BCUT2D eigenvalue weighted by Gasteiger charge is 2.22. The number of carboxylic acids is 1. The molecule has 90 valence electrons. The first kappa shape index (κ1) is 13.4. The molecular formula is C13H10N2O3. The lowest BCUT2D eigenvalue weighted by Gasteiger charge is -2.10. The van der Waals surface area contributed by atoms with Gasteiger partial charge in [-0.3, -0.25) is 9.59 Å². The molecule has 0 radical (unpaired) electrons. The second-order valence-electron chi connectivity index (χ2n) is 3.55. The van der Waals surface area contributed by atoms with Gasteiger partial charge in [-0.05, 0) is 12.1 Å². The molecule has 1 rings (SSSR count). The van der Waals surface area contributed by atoms with Crippen LogP contribution in [0.25, 0.3) is 0 Å². The number of Topliss-reactive ketones (excluding diaryl/α,β-unsaturated/α-hetero) is 1. The highest BCUT2D eigenvalue weighted by atomic mass is 16.4. The molecule has 0 aromatic heterocycles. The van der Waals surface area contributed by atoms with E-state index in [1.807, 2.05) is 6.07 Å². The first-order valence-corrected chi connectivity index (χ1v) is 5.02. The molecule has 0 amide bonds. The monoisotopic (exact) mass is 242 g/mol. The molecule has 5 heteroatoms. The van der Waals surface area contributed by atoms with Gasteiger partial charge in [-0.25, -0.2) is 0 Å². The van der Waals surface area contributed by atoms with Gasteiger partial charge in [-0.15, -0.1) is 6.42 Å². The van der Waals surface area contributed by atoms with E-state index in [1.54, 1.807) is 0 Å². The molecule has 5 nitrogen and oxygen atoms in total. The van der Waals surface area contributed by atoms with Crippen molar-refractivity contribution in [3.05, 3.63) is 34.9 Å². The third kappa shape index (κ3) is 2.73. The van der Waals surface area contributed by atoms with Gasteiger partial charge in [0, 0.05) is 11.1 Å². The van der Waals surface area contributed by atoms with Crippen molar-refractivity contribution in [2.75, 3.05) is 0 Å². The van der Waals surface area contributed by atoms with Crippen LogP contribution in [0, 0.1) is 23.7 Å². The number of carbonyl (C=O) groups is 2. The van der Waals surface area contributed by atoms with Crippen LogP contribution >= 0.6 is 0 Å². The third-order valence-corrected chi connectivity index (χ3v) is 2.33. The van der Waals surface area contributed by atoms with Crippen LogP contribution in [0.5, 0.6) is 0 Å². The Kier molecular flexibility index (Phi) is 4.20. The van der Waals surface area contributed by atoms with Crippen LogP contribution in [0.15, 0.2) is 18.2 Å². The van der Waals surface area contributed by atoms with E-state index >= 15 is 0 Å². The van der Waals surface area contributed by atoms with Crippen molar-refractivity contribution in [2.45, 2.75) is 12.5 Å². The van der Waals surface area contributed by atoms with Crippen molar-refractivity contribution >= 4 is 11.8 Å². The molecule has 0 saturated carbocycles. The summed E-state index contributed by atoms with van der Waals surface area (Å²) < 4.78 is 0. The number of ketones is 1. The summed E-state index contributed by atoms with van der Waals surface area (Å²) in [6.45, 7) is 0. The molecule has 0 aliphatic rings. The average Bonchev–Trinajstić information content (AvgIpc) is 2.35. The molecule has 0 saturated heterocycles. The molecular weight excluding hydrogens is 232 g/mol. The molecule has 0 heterocycles. The summed E-state index contributed by atoms with van der Waals surface area (Å²) in [6.07, 6.45) is 4.72. The Morgan fingerprint density at radius 1 is 1.50 bits per heavy atom. The zero-order valence-corrected chi connectivity index (χ0v) is 9.38. The maximum absolute atomic E-state index is 11.9. The van der Waals surface area contributed by atoms with Gasteiger partial charge >= 0.3 is 5.97 Å². The normalized spacial score (nSPS) is 11.1. The van der Waals surface area contributed by atoms with Crippen molar-refractivity contribution in [3.63, 3.8) is 0 Å². The maximum atomic E-state index is 11.9. The SMILES string of the molecule is C#Cc1cccc(C(=O)[C@@H](N)CC(=O)O)c1C#N. The van der Waals surface area contributed by atoms with Gasteiger partial charge in [0.25, 0.3) is 0 Å². The molecule has 0 fully saturated rings. The second-order valence-corrected chi connectivity index (χ2v) is 3.55. The molecule has 0 spiro atoms. The molecule has 0 aliphatic heterocycles. The van der Waals surface area contributed by atoms with E-state index in [1.165, 1.54) is 18.2 Å². The van der Waals surface area contributed by atoms with E-state index in [0.29, 0.717) is 0 Å². The molecule has 1 atom stereocenters. The third-order valence-electron chi connectivity index (χ3n) is 2.33. The molecule has 1 aromatic carbocycles. The Morgan fingerprint density at radius 2 is 2.17 bits per heavy atom. The highest BCUT2D eigenvalue weighted by Crippen LogP contribution is 2.15. The number of rotatable bonds is 4. The topological polar surface area (TPSA) is 104 Å². The maximum Gasteiger partial charge on any atom is 0.305 e. The fourth-order valence-corrected chi connectivity index (χ4v) is 1.48. The van der Waals surface area contributed by atoms with Crippen molar-refractivity contribution < 1.29 is 14.7 Å². The standard InChI is InChI=1S/C13H10N2O3/c1-2-8-4-3-5-9(10(8)7-14)13(18)11(15)6-12(16)17/h1,3-5,11H,6,15H2,(H,16,17)/t11-/m0/s1. The number of aliphatic carboxylic acids is 1. The van der Waals surface area contributed by atoms with Gasteiger partial charge in [0.2, 0.25) is 0 Å². The predicted octanol–water partition coefficient (Wildman–Crippen LogP) is 0.524. The number of hydrogen-bond acceptors (Lipinski definition) is 4. The summed E-state index contributed by atoms with van der Waals surface area (Å²) in [4.78, 5) is 22.4. The highest BCUT2D eigenvalue weighted by molar-refractivity contribution is 6.03. The van der Waals surface area contributed by atoms with Crippen molar-refractivity contribution in [3.8, 4) is 18.4 Å². The summed E-state index contributed by atoms with van der Waals surface area (Å²) in [5.41, 5.74) is 5.86. The van der Waals surface area contributed by atoms with E-state index in [-0.39, 0.29) is 16.7 Å². The number of benzene rings is 1. The molecule has 1 aromatic rings. The minimum Gasteiger partial charge on any atom is -0.481 e. The van der Waals surface area contributed by atoms with Crippen LogP contribution in [-0.4, -0.2) is 22.9 Å². The van der Waals surface area contributed by atoms with Crippen LogP contribution in [0.3, 0.4) is 0 Å². The lowest BCUT2D eigenvalue weighted by Crippen LogP contribution is -2.33. The van der Waals surface area contributed by atoms with E-state index in [9.17, 15) is 9.59 Å². The Balaban J connectivity index is 3.19. The van der Waals surface area contributed by atoms with E-state index < -0.39 is 24.2 Å². The van der Waals surface area contributed by atoms with Crippen molar-refractivity contribution in [1.82, 2.24) is 0 Å². The number of nitrogens with zero attached hydrogens (tertiary/aromatic N) is 1. The first-order chi connectivity index (χ1) is 8.51. The number of hydrogen-bond donors (Lipinski definition) is 2. The number of carboxylic acid groups (broad SMARTS) is 1. The molecule has 0 aliphatic carbocycles. The van der Waals surface area contributed by atoms with Crippen LogP contribution in [0.1, 0.15) is 27.9 Å². The van der Waals surface area contributed by atoms with E-state index in [2.05, 4.69) is 5.92 Å². The Morgan fingerprint density at radius 3 is 2.67 bits per heavy atom. The zero-order chi connectivity index (χ0) is 13.7. The van der Waals surface area contributed by atoms with Crippen LogP contribution in [0.2, 0.25) is 0 Å². The van der Waals surface area contributed by atoms with Gasteiger partial charge in [0.1, 0.15) is 6.07 Å². The smallest absolute Gasteiger partial charge is 0.305 e. The average molecular weight is 242 g/mol. The molecule has 18 heavy (non-hydrogen) atoms. The number of carbonyl (C=O) groups excluding carboxylic acids is 1. The summed E-state index contributed by atoms with van der Waals surface area (Å²) in [5, 5.41) is 17.6. The Labute approximate surface area is 104 Å². The van der Waals surface area contributed by atoms with E-state index in [4.69, 9.17) is 22.5 Å². The molecule has 0 unspecified atom stereocenters. The molecule has 0 bridgehead atoms. The zero-order valence-electron chi connectivity index (χ0n) is 9.38.